The van der Waals surface area contributed by atoms with Crippen molar-refractivity contribution in [1.82, 2.24) is 5.06 Å². The van der Waals surface area contributed by atoms with Crippen molar-refractivity contribution in [3.8, 4) is 11.5 Å². The number of hydrogen-bond donors (Lipinski definition) is 1. The SMILES string of the molecule is COc1ccc(C2OC(C(=O)O)C(c3ccccc3)N2OC(C)(C)C)cc1OC. The molecule has 0 saturated carbocycles. The summed E-state index contributed by atoms with van der Waals surface area (Å²) < 4.78 is 16.7. The minimum absolute atomic E-state index is 0.527. The molecule has 1 aliphatic rings. The number of nitrogens with zero attached hydrogens (tertiary/aromatic N) is 1. The maximum atomic E-state index is 12.0. The molecule has 29 heavy (non-hydrogen) atoms. The molecule has 2 aromatic rings. The second kappa shape index (κ2) is 8.41. The summed E-state index contributed by atoms with van der Waals surface area (Å²) in [6, 6.07) is 14.1. The van der Waals surface area contributed by atoms with Gasteiger partial charge in [0.2, 0.25) is 0 Å². The van der Waals surface area contributed by atoms with Crippen LogP contribution in [0.2, 0.25) is 0 Å². The van der Waals surface area contributed by atoms with Crippen LogP contribution in [0.5, 0.6) is 11.5 Å². The van der Waals surface area contributed by atoms with Gasteiger partial charge in [0.15, 0.2) is 23.8 Å². The van der Waals surface area contributed by atoms with Crippen LogP contribution in [0.1, 0.15) is 44.2 Å². The van der Waals surface area contributed by atoms with Crippen molar-refractivity contribution in [3.63, 3.8) is 0 Å². The summed E-state index contributed by atoms with van der Waals surface area (Å²) >= 11 is 0. The van der Waals surface area contributed by atoms with Crippen LogP contribution < -0.4 is 9.47 Å². The molecule has 0 amide bonds. The molecule has 156 valence electrons. The Morgan fingerprint density at radius 3 is 2.21 bits per heavy atom. The molecule has 3 rings (SSSR count). The maximum absolute atomic E-state index is 12.0. The molecule has 0 aromatic heterocycles. The van der Waals surface area contributed by atoms with Gasteiger partial charge in [0.05, 0.1) is 19.8 Å². The third-order valence-corrected chi connectivity index (χ3v) is 4.52. The Labute approximate surface area is 170 Å². The first-order valence-corrected chi connectivity index (χ1v) is 9.38. The molecule has 7 heteroatoms. The first kappa shape index (κ1) is 21.1. The zero-order valence-corrected chi connectivity index (χ0v) is 17.3. The zero-order chi connectivity index (χ0) is 21.2. The Balaban J connectivity index is 2.09. The van der Waals surface area contributed by atoms with Crippen LogP contribution in [0.15, 0.2) is 48.5 Å². The fourth-order valence-corrected chi connectivity index (χ4v) is 3.37. The van der Waals surface area contributed by atoms with Crippen LogP contribution in [0, 0.1) is 0 Å². The summed E-state index contributed by atoms with van der Waals surface area (Å²) in [5.74, 6) is 0.0515. The predicted molar refractivity (Wildman–Crippen MR) is 107 cm³/mol. The van der Waals surface area contributed by atoms with Crippen molar-refractivity contribution in [2.45, 2.75) is 44.7 Å². The van der Waals surface area contributed by atoms with Crippen LogP contribution in [0.3, 0.4) is 0 Å². The van der Waals surface area contributed by atoms with Crippen molar-refractivity contribution in [1.29, 1.82) is 0 Å². The molecule has 1 fully saturated rings. The van der Waals surface area contributed by atoms with Gasteiger partial charge in [-0.3, -0.25) is 4.84 Å². The van der Waals surface area contributed by atoms with E-state index in [1.165, 1.54) is 0 Å². The highest BCUT2D eigenvalue weighted by molar-refractivity contribution is 5.74. The van der Waals surface area contributed by atoms with E-state index in [1.54, 1.807) is 31.4 Å². The number of methoxy groups -OCH3 is 2. The van der Waals surface area contributed by atoms with Gasteiger partial charge in [-0.25, -0.2) is 4.79 Å². The van der Waals surface area contributed by atoms with E-state index in [2.05, 4.69) is 0 Å². The van der Waals surface area contributed by atoms with E-state index in [0.29, 0.717) is 17.1 Å². The second-order valence-electron chi connectivity index (χ2n) is 7.78. The van der Waals surface area contributed by atoms with Crippen molar-refractivity contribution in [2.75, 3.05) is 14.2 Å². The summed E-state index contributed by atoms with van der Waals surface area (Å²) in [4.78, 5) is 18.3. The van der Waals surface area contributed by atoms with Crippen molar-refractivity contribution < 1.29 is 28.9 Å². The first-order valence-electron chi connectivity index (χ1n) is 9.38. The van der Waals surface area contributed by atoms with E-state index in [0.717, 1.165) is 5.56 Å². The third kappa shape index (κ3) is 4.53. The molecule has 1 N–H and O–H groups in total. The number of aliphatic carboxylic acids is 1. The Hall–Kier alpha value is -2.61. The molecular formula is C22H27NO6. The summed E-state index contributed by atoms with van der Waals surface area (Å²) in [7, 11) is 3.11. The minimum atomic E-state index is -1.10. The predicted octanol–water partition coefficient (Wildman–Crippen LogP) is 3.96. The summed E-state index contributed by atoms with van der Waals surface area (Å²) in [5.41, 5.74) is 0.946. The molecule has 2 aromatic carbocycles. The van der Waals surface area contributed by atoms with Crippen LogP contribution in [-0.4, -0.2) is 42.1 Å². The molecular weight excluding hydrogens is 374 g/mol. The average molecular weight is 401 g/mol. The van der Waals surface area contributed by atoms with E-state index >= 15 is 0 Å². The topological polar surface area (TPSA) is 77.5 Å². The lowest BCUT2D eigenvalue weighted by molar-refractivity contribution is -0.278. The quantitative estimate of drug-likeness (QED) is 0.785. The maximum Gasteiger partial charge on any atom is 0.335 e. The fourth-order valence-electron chi connectivity index (χ4n) is 3.37. The molecule has 7 nitrogen and oxygen atoms in total. The van der Waals surface area contributed by atoms with Gasteiger partial charge in [-0.05, 0) is 38.5 Å². The standard InChI is InChI=1S/C22H27NO6/c1-22(2,3)29-23-18(14-9-7-6-8-10-14)19(21(24)25)28-20(23)15-11-12-16(26-4)17(13-15)27-5/h6-13,18-20H,1-5H3,(H,24,25). The highest BCUT2D eigenvalue weighted by atomic mass is 16.7. The Morgan fingerprint density at radius 2 is 1.66 bits per heavy atom. The molecule has 3 unspecified atom stereocenters. The summed E-state index contributed by atoms with van der Waals surface area (Å²) in [6.45, 7) is 5.73. The van der Waals surface area contributed by atoms with Crippen molar-refractivity contribution >= 4 is 5.97 Å². The molecule has 0 bridgehead atoms. The Bertz CT molecular complexity index is 848. The fraction of sp³-hybridized carbons (Fsp3) is 0.409. The molecule has 1 saturated heterocycles. The van der Waals surface area contributed by atoms with E-state index in [4.69, 9.17) is 19.0 Å². The van der Waals surface area contributed by atoms with Gasteiger partial charge in [0.25, 0.3) is 0 Å². The van der Waals surface area contributed by atoms with Gasteiger partial charge in [-0.1, -0.05) is 36.4 Å². The van der Waals surface area contributed by atoms with Gasteiger partial charge in [-0.2, -0.15) is 0 Å². The smallest absolute Gasteiger partial charge is 0.335 e. The average Bonchev–Trinajstić information content (AvgIpc) is 3.05. The van der Waals surface area contributed by atoms with E-state index in [9.17, 15) is 9.90 Å². The highest BCUT2D eigenvalue weighted by Crippen LogP contribution is 2.46. The van der Waals surface area contributed by atoms with Gasteiger partial charge < -0.3 is 19.3 Å². The van der Waals surface area contributed by atoms with Crippen molar-refractivity contribution in [2.24, 2.45) is 0 Å². The molecule has 0 spiro atoms. The summed E-state index contributed by atoms with van der Waals surface area (Å²) in [6.07, 6.45) is -1.84. The largest absolute Gasteiger partial charge is 0.493 e. The molecule has 3 atom stereocenters. The number of carbonyl (C=O) groups is 1. The Kier molecular flexibility index (Phi) is 6.12. The number of rotatable bonds is 6. The normalized spacial score (nSPS) is 22.4. The van der Waals surface area contributed by atoms with E-state index < -0.39 is 29.9 Å². The molecule has 0 radical (unpaired) electrons. The number of carboxylic acid groups (broad SMARTS) is 1. The molecule has 1 heterocycles. The summed E-state index contributed by atoms with van der Waals surface area (Å²) in [5, 5.41) is 11.5. The van der Waals surface area contributed by atoms with Crippen LogP contribution >= 0.6 is 0 Å². The number of carboxylic acids is 1. The highest BCUT2D eigenvalue weighted by Gasteiger charge is 2.49. The lowest BCUT2D eigenvalue weighted by atomic mass is 10.0. The first-order chi connectivity index (χ1) is 13.7. The number of hydrogen-bond acceptors (Lipinski definition) is 6. The molecule has 0 aliphatic carbocycles. The monoisotopic (exact) mass is 401 g/mol. The van der Waals surface area contributed by atoms with Gasteiger partial charge in [-0.15, -0.1) is 5.06 Å². The number of hydroxylamine groups is 2. The van der Waals surface area contributed by atoms with Gasteiger partial charge >= 0.3 is 5.97 Å². The molecule has 1 aliphatic heterocycles. The third-order valence-electron chi connectivity index (χ3n) is 4.52. The Morgan fingerprint density at radius 1 is 1.00 bits per heavy atom. The van der Waals surface area contributed by atoms with Crippen molar-refractivity contribution in [3.05, 3.63) is 59.7 Å². The van der Waals surface area contributed by atoms with Gasteiger partial charge in [0.1, 0.15) is 6.04 Å². The van der Waals surface area contributed by atoms with Gasteiger partial charge in [0, 0.05) is 5.56 Å². The second-order valence-corrected chi connectivity index (χ2v) is 7.78. The van der Waals surface area contributed by atoms with Crippen LogP contribution in [0.4, 0.5) is 0 Å². The van der Waals surface area contributed by atoms with E-state index in [-0.39, 0.29) is 0 Å². The minimum Gasteiger partial charge on any atom is -0.493 e. The lowest BCUT2D eigenvalue weighted by Crippen LogP contribution is -2.38. The van der Waals surface area contributed by atoms with Crippen LogP contribution in [-0.2, 0) is 14.4 Å². The number of ether oxygens (including phenoxy) is 3. The zero-order valence-electron chi connectivity index (χ0n) is 17.3. The van der Waals surface area contributed by atoms with Crippen LogP contribution in [0.25, 0.3) is 0 Å². The number of benzene rings is 2. The van der Waals surface area contributed by atoms with E-state index in [1.807, 2.05) is 57.2 Å². The lowest BCUT2D eigenvalue weighted by Gasteiger charge is -2.34.